The molecule has 16 heavy (non-hydrogen) atoms. The summed E-state index contributed by atoms with van der Waals surface area (Å²) in [5, 5.41) is 0.590. The second-order valence-corrected chi connectivity index (χ2v) is 5.38. The molecule has 0 aliphatic carbocycles. The van der Waals surface area contributed by atoms with Gasteiger partial charge < -0.3 is 9.64 Å². The maximum absolute atomic E-state index is 5.19. The van der Waals surface area contributed by atoms with E-state index in [1.165, 1.54) is 4.90 Å². The van der Waals surface area contributed by atoms with Gasteiger partial charge in [0, 0.05) is 16.7 Å². The van der Waals surface area contributed by atoms with Crippen LogP contribution in [0.1, 0.15) is 6.92 Å². The second-order valence-electron chi connectivity index (χ2n) is 3.87. The summed E-state index contributed by atoms with van der Waals surface area (Å²) in [4.78, 5) is 3.47. The van der Waals surface area contributed by atoms with E-state index in [0.29, 0.717) is 5.25 Å². The van der Waals surface area contributed by atoms with Crippen molar-refractivity contribution < 1.29 is 4.74 Å². The molecule has 1 rings (SSSR count). The summed E-state index contributed by atoms with van der Waals surface area (Å²) in [6.07, 6.45) is 0. The third-order valence-electron chi connectivity index (χ3n) is 2.00. The molecule has 0 amide bonds. The van der Waals surface area contributed by atoms with E-state index in [-0.39, 0.29) is 12.4 Å². The monoisotopic (exact) mass is 261 g/mol. The van der Waals surface area contributed by atoms with Crippen molar-refractivity contribution in [2.75, 3.05) is 27.7 Å². The molecule has 0 heterocycles. The molecule has 1 aromatic rings. The van der Waals surface area contributed by atoms with Crippen LogP contribution in [0.3, 0.4) is 0 Å². The van der Waals surface area contributed by atoms with Crippen molar-refractivity contribution in [3.05, 3.63) is 24.3 Å². The summed E-state index contributed by atoms with van der Waals surface area (Å²) in [5.41, 5.74) is 0. The molecule has 0 saturated heterocycles. The SMILES string of the molecule is COc1cccc(SC(C)CN(C)C)c1.Cl. The number of thioether (sulfide) groups is 1. The first-order chi connectivity index (χ1) is 7.11. The molecule has 0 aromatic heterocycles. The first-order valence-corrected chi connectivity index (χ1v) is 5.95. The van der Waals surface area contributed by atoms with Crippen LogP contribution in [0.25, 0.3) is 0 Å². The van der Waals surface area contributed by atoms with Crippen molar-refractivity contribution in [1.29, 1.82) is 0 Å². The number of ether oxygens (including phenoxy) is 1. The predicted octanol–water partition coefficient (Wildman–Crippen LogP) is 3.16. The highest BCUT2D eigenvalue weighted by molar-refractivity contribution is 8.00. The third-order valence-corrected chi connectivity index (χ3v) is 3.08. The number of hydrogen-bond donors (Lipinski definition) is 0. The van der Waals surface area contributed by atoms with Gasteiger partial charge in [0.25, 0.3) is 0 Å². The average molecular weight is 262 g/mol. The number of nitrogens with zero attached hydrogens (tertiary/aromatic N) is 1. The van der Waals surface area contributed by atoms with Crippen molar-refractivity contribution in [2.45, 2.75) is 17.1 Å². The number of benzene rings is 1. The minimum absolute atomic E-state index is 0. The minimum atomic E-state index is 0. The normalized spacial score (nSPS) is 12.1. The molecule has 0 aliphatic rings. The number of hydrogen-bond acceptors (Lipinski definition) is 3. The number of halogens is 1. The maximum atomic E-state index is 5.19. The lowest BCUT2D eigenvalue weighted by molar-refractivity contribution is 0.412. The highest BCUT2D eigenvalue weighted by Crippen LogP contribution is 2.26. The summed E-state index contributed by atoms with van der Waals surface area (Å²) >= 11 is 1.88. The third kappa shape index (κ3) is 5.64. The molecule has 0 N–H and O–H groups in total. The summed E-state index contributed by atoms with van der Waals surface area (Å²) in [6, 6.07) is 8.21. The van der Waals surface area contributed by atoms with Gasteiger partial charge >= 0.3 is 0 Å². The molecule has 0 aliphatic heterocycles. The van der Waals surface area contributed by atoms with Crippen LogP contribution in [-0.2, 0) is 0 Å². The van der Waals surface area contributed by atoms with Crippen molar-refractivity contribution in [1.82, 2.24) is 4.90 Å². The Balaban J connectivity index is 0.00000225. The molecule has 2 nitrogen and oxygen atoms in total. The van der Waals surface area contributed by atoms with Crippen LogP contribution < -0.4 is 4.74 Å². The van der Waals surface area contributed by atoms with E-state index >= 15 is 0 Å². The van der Waals surface area contributed by atoms with Gasteiger partial charge in [-0.1, -0.05) is 13.0 Å². The molecule has 0 bridgehead atoms. The summed E-state index contributed by atoms with van der Waals surface area (Å²) in [5.74, 6) is 0.928. The Hall–Kier alpha value is -0.380. The smallest absolute Gasteiger partial charge is 0.119 e. The van der Waals surface area contributed by atoms with Gasteiger partial charge in [-0.2, -0.15) is 0 Å². The van der Waals surface area contributed by atoms with Crippen LogP contribution >= 0.6 is 24.2 Å². The van der Waals surface area contributed by atoms with Crippen molar-refractivity contribution in [3.63, 3.8) is 0 Å². The fourth-order valence-corrected chi connectivity index (χ4v) is 2.64. The molecule has 1 atom stereocenters. The van der Waals surface area contributed by atoms with E-state index < -0.39 is 0 Å². The Labute approximate surface area is 109 Å². The lowest BCUT2D eigenvalue weighted by Crippen LogP contribution is -2.21. The Kier molecular flexibility index (Phi) is 7.64. The molecular weight excluding hydrogens is 242 g/mol. The Morgan fingerprint density at radius 2 is 2.06 bits per heavy atom. The zero-order valence-electron chi connectivity index (χ0n) is 10.3. The Bertz CT molecular complexity index is 307. The molecule has 0 radical (unpaired) electrons. The van der Waals surface area contributed by atoms with Gasteiger partial charge in [0.05, 0.1) is 7.11 Å². The lowest BCUT2D eigenvalue weighted by Gasteiger charge is -2.16. The molecule has 92 valence electrons. The molecule has 0 spiro atoms. The number of rotatable bonds is 5. The summed E-state index contributed by atoms with van der Waals surface area (Å²) in [6.45, 7) is 3.33. The molecule has 4 heteroatoms. The van der Waals surface area contributed by atoms with Crippen LogP contribution in [-0.4, -0.2) is 37.9 Å². The first-order valence-electron chi connectivity index (χ1n) is 5.07. The molecule has 0 saturated carbocycles. The fraction of sp³-hybridized carbons (Fsp3) is 0.500. The number of methoxy groups -OCH3 is 1. The molecule has 1 aromatic carbocycles. The van der Waals surface area contributed by atoms with Crippen molar-refractivity contribution in [2.24, 2.45) is 0 Å². The summed E-state index contributed by atoms with van der Waals surface area (Å²) < 4.78 is 5.19. The highest BCUT2D eigenvalue weighted by atomic mass is 35.5. The van der Waals surface area contributed by atoms with Crippen LogP contribution in [0.2, 0.25) is 0 Å². The van der Waals surface area contributed by atoms with E-state index in [2.05, 4.69) is 38.1 Å². The lowest BCUT2D eigenvalue weighted by atomic mass is 10.3. The van der Waals surface area contributed by atoms with Gasteiger partial charge in [-0.05, 0) is 32.3 Å². The predicted molar refractivity (Wildman–Crippen MR) is 74.1 cm³/mol. The van der Waals surface area contributed by atoms with Crippen LogP contribution in [0, 0.1) is 0 Å². The standard InChI is InChI=1S/C12H19NOS.ClH/c1-10(9-13(2)3)15-12-7-5-6-11(8-12)14-4;/h5-8,10H,9H2,1-4H3;1H. The quantitative estimate of drug-likeness (QED) is 0.756. The first kappa shape index (κ1) is 15.6. The highest BCUT2D eigenvalue weighted by Gasteiger charge is 2.06. The second kappa shape index (κ2) is 7.82. The maximum Gasteiger partial charge on any atom is 0.119 e. The van der Waals surface area contributed by atoms with Gasteiger partial charge in [0.15, 0.2) is 0 Å². The topological polar surface area (TPSA) is 12.5 Å². The van der Waals surface area contributed by atoms with E-state index in [9.17, 15) is 0 Å². The zero-order valence-corrected chi connectivity index (χ0v) is 11.9. The largest absolute Gasteiger partial charge is 0.497 e. The van der Waals surface area contributed by atoms with Gasteiger partial charge in [-0.25, -0.2) is 0 Å². The molecule has 0 fully saturated rings. The van der Waals surface area contributed by atoms with Gasteiger partial charge in [-0.15, -0.1) is 24.2 Å². The summed E-state index contributed by atoms with van der Waals surface area (Å²) in [7, 11) is 5.90. The Morgan fingerprint density at radius 3 is 2.62 bits per heavy atom. The van der Waals surface area contributed by atoms with E-state index in [1.807, 2.05) is 23.9 Å². The fourth-order valence-electron chi connectivity index (χ4n) is 1.46. The van der Waals surface area contributed by atoms with Crippen molar-refractivity contribution >= 4 is 24.2 Å². The van der Waals surface area contributed by atoms with E-state index in [1.54, 1.807) is 7.11 Å². The Morgan fingerprint density at radius 1 is 1.38 bits per heavy atom. The van der Waals surface area contributed by atoms with Gasteiger partial charge in [0.2, 0.25) is 0 Å². The van der Waals surface area contributed by atoms with Crippen LogP contribution in [0.5, 0.6) is 5.75 Å². The van der Waals surface area contributed by atoms with Crippen molar-refractivity contribution in [3.8, 4) is 5.75 Å². The molecule has 1 unspecified atom stereocenters. The average Bonchev–Trinajstić information content (AvgIpc) is 2.16. The molecular formula is C12H20ClNOS. The van der Waals surface area contributed by atoms with Gasteiger partial charge in [0.1, 0.15) is 5.75 Å². The van der Waals surface area contributed by atoms with Crippen LogP contribution in [0.15, 0.2) is 29.2 Å². The zero-order chi connectivity index (χ0) is 11.3. The van der Waals surface area contributed by atoms with Crippen LogP contribution in [0.4, 0.5) is 0 Å². The van der Waals surface area contributed by atoms with Gasteiger partial charge in [-0.3, -0.25) is 0 Å². The minimum Gasteiger partial charge on any atom is -0.497 e. The van der Waals surface area contributed by atoms with E-state index in [4.69, 9.17) is 4.74 Å². The van der Waals surface area contributed by atoms with E-state index in [0.717, 1.165) is 12.3 Å².